The van der Waals surface area contributed by atoms with Crippen molar-refractivity contribution < 1.29 is 69.0 Å². The summed E-state index contributed by atoms with van der Waals surface area (Å²) in [6.45, 7) is 3.25. The first-order valence-electron chi connectivity index (χ1n) is 24.8. The lowest BCUT2D eigenvalue weighted by atomic mass is 9.98. The summed E-state index contributed by atoms with van der Waals surface area (Å²) in [5.41, 5.74) is 0. The molecule has 2 aliphatic rings. The lowest BCUT2D eigenvalue weighted by Crippen LogP contribution is -2.61. The zero-order valence-corrected chi connectivity index (χ0v) is 40.3. The van der Waals surface area contributed by atoms with Crippen LogP contribution in [-0.2, 0) is 33.2 Å². The Labute approximate surface area is 401 Å². The Hall–Kier alpha value is -3.09. The van der Waals surface area contributed by atoms with Gasteiger partial charge in [-0.1, -0.05) is 137 Å². The Morgan fingerprint density at radius 1 is 0.493 bits per heavy atom. The number of allylic oxidation sites excluding steroid dienone is 16. The lowest BCUT2D eigenvalue weighted by Gasteiger charge is -2.42. The van der Waals surface area contributed by atoms with Gasteiger partial charge in [0.15, 0.2) is 12.6 Å². The molecule has 0 spiro atoms. The van der Waals surface area contributed by atoms with Crippen molar-refractivity contribution in [3.05, 3.63) is 97.2 Å². The fraction of sp³-hybridized carbons (Fsp3) is 0.679. The molecule has 7 N–H and O–H groups in total. The Morgan fingerprint density at radius 3 is 1.45 bits per heavy atom. The van der Waals surface area contributed by atoms with Crippen LogP contribution in [0.25, 0.3) is 0 Å². The molecule has 2 aliphatic heterocycles. The van der Waals surface area contributed by atoms with E-state index in [0.717, 1.165) is 103 Å². The minimum Gasteiger partial charge on any atom is -0.457 e. The summed E-state index contributed by atoms with van der Waals surface area (Å²) in [6, 6.07) is 0. The van der Waals surface area contributed by atoms with Crippen molar-refractivity contribution in [2.75, 3.05) is 33.0 Å². The van der Waals surface area contributed by atoms with Gasteiger partial charge >= 0.3 is 5.97 Å². The average Bonchev–Trinajstić information content (AvgIpc) is 3.32. The van der Waals surface area contributed by atoms with E-state index >= 15 is 0 Å². The van der Waals surface area contributed by atoms with Crippen LogP contribution in [0.5, 0.6) is 0 Å². The highest BCUT2D eigenvalue weighted by Crippen LogP contribution is 2.26. The van der Waals surface area contributed by atoms with Gasteiger partial charge in [0, 0.05) is 13.0 Å². The Morgan fingerprint density at radius 2 is 0.925 bits per heavy atom. The largest absolute Gasteiger partial charge is 0.457 e. The van der Waals surface area contributed by atoms with Crippen LogP contribution in [0.3, 0.4) is 0 Å². The summed E-state index contributed by atoms with van der Waals surface area (Å²) in [5, 5.41) is 72.1. The van der Waals surface area contributed by atoms with Gasteiger partial charge in [0.25, 0.3) is 0 Å². The van der Waals surface area contributed by atoms with Gasteiger partial charge < -0.3 is 64.2 Å². The van der Waals surface area contributed by atoms with Crippen molar-refractivity contribution in [2.24, 2.45) is 0 Å². The third-order valence-corrected chi connectivity index (χ3v) is 11.1. The monoisotopic (exact) mass is 947 g/mol. The number of esters is 1. The fourth-order valence-electron chi connectivity index (χ4n) is 7.10. The number of aliphatic hydroxyl groups is 7. The van der Waals surface area contributed by atoms with E-state index in [1.807, 2.05) is 0 Å². The minimum atomic E-state index is -1.72. The van der Waals surface area contributed by atoms with E-state index in [4.69, 9.17) is 28.4 Å². The topological polar surface area (TPSA) is 214 Å². The maximum absolute atomic E-state index is 13.0. The molecule has 382 valence electrons. The predicted octanol–water partition coefficient (Wildman–Crippen LogP) is 7.07. The molecule has 2 heterocycles. The molecule has 14 nitrogen and oxygen atoms in total. The molecule has 2 fully saturated rings. The standard InChI is InChI=1S/C53H86O14/c1-3-5-7-9-11-13-15-17-19-20-21-22-23-24-26-28-30-32-34-36-45(55)65-42(39-62-37-35-33-31-29-27-25-18-16-14-12-10-8-6-4-2)40-63-52-51(61)49(59)47(57)44(67-52)41-64-53-50(60)48(58)46(56)43(38-54)66-53/h5-8,11-14,17-19,21-22,25,29,31,42-44,46-54,56-61H,3-4,9-10,15-16,20,23-24,26-28,30,32-41H2,1-2H3/b7-5-,8-6-,13-11-,14-12-,19-17-,22-21-,25-18-,31-29-. The molecule has 0 aromatic carbocycles. The zero-order valence-electron chi connectivity index (χ0n) is 40.3. The van der Waals surface area contributed by atoms with Crippen LogP contribution >= 0.6 is 0 Å². The van der Waals surface area contributed by atoms with Gasteiger partial charge in [-0.25, -0.2) is 0 Å². The van der Waals surface area contributed by atoms with E-state index in [-0.39, 0.29) is 19.6 Å². The summed E-state index contributed by atoms with van der Waals surface area (Å²) in [4.78, 5) is 13.0. The number of hydrogen-bond donors (Lipinski definition) is 7. The second kappa shape index (κ2) is 39.7. The van der Waals surface area contributed by atoms with Gasteiger partial charge in [0.2, 0.25) is 0 Å². The Kier molecular flexibility index (Phi) is 35.6. The quantitative estimate of drug-likeness (QED) is 0.0189. The van der Waals surface area contributed by atoms with E-state index in [1.54, 1.807) is 0 Å². The first kappa shape index (κ1) is 60.0. The highest BCUT2D eigenvalue weighted by Gasteiger charge is 2.47. The molecule has 67 heavy (non-hydrogen) atoms. The molecule has 0 amide bonds. The summed E-state index contributed by atoms with van der Waals surface area (Å²) in [6.07, 6.45) is 34.8. The number of carbonyl (C=O) groups is 1. The number of hydrogen-bond acceptors (Lipinski definition) is 14. The van der Waals surface area contributed by atoms with Crippen LogP contribution < -0.4 is 0 Å². The summed E-state index contributed by atoms with van der Waals surface area (Å²) < 4.78 is 34.1. The summed E-state index contributed by atoms with van der Waals surface area (Å²) in [5.74, 6) is -0.414. The van der Waals surface area contributed by atoms with Crippen molar-refractivity contribution >= 4 is 5.97 Å². The molecule has 2 rings (SSSR count). The highest BCUT2D eigenvalue weighted by molar-refractivity contribution is 5.69. The van der Waals surface area contributed by atoms with Crippen molar-refractivity contribution in [2.45, 2.75) is 197 Å². The fourth-order valence-corrected chi connectivity index (χ4v) is 7.10. The average molecular weight is 947 g/mol. The maximum Gasteiger partial charge on any atom is 0.306 e. The molecule has 0 aromatic rings. The van der Waals surface area contributed by atoms with Crippen LogP contribution in [0.1, 0.15) is 129 Å². The van der Waals surface area contributed by atoms with Gasteiger partial charge in [-0.2, -0.15) is 0 Å². The van der Waals surface area contributed by atoms with Crippen LogP contribution in [0.15, 0.2) is 97.2 Å². The molecule has 0 saturated carbocycles. The second-order valence-electron chi connectivity index (χ2n) is 16.9. The van der Waals surface area contributed by atoms with Gasteiger partial charge in [-0.05, 0) is 83.5 Å². The van der Waals surface area contributed by atoms with Crippen molar-refractivity contribution in [3.63, 3.8) is 0 Å². The van der Waals surface area contributed by atoms with Crippen LogP contribution in [0.4, 0.5) is 0 Å². The third kappa shape index (κ3) is 27.6. The van der Waals surface area contributed by atoms with Crippen LogP contribution in [-0.4, -0.2) is 142 Å². The van der Waals surface area contributed by atoms with Crippen molar-refractivity contribution in [1.29, 1.82) is 0 Å². The van der Waals surface area contributed by atoms with Crippen LogP contribution in [0, 0.1) is 0 Å². The molecule has 0 radical (unpaired) electrons. The zero-order chi connectivity index (χ0) is 48.7. The SMILES string of the molecule is CC/C=C\C/C=C\C/C=C\C/C=C\CCCCCCCCC(=O)OC(COCCC/C=C\C/C=C\C/C=C\C/C=C\CC)COC1OC(COC2OC(CO)C(O)C(O)C2O)C(O)C(O)C1O. The van der Waals surface area contributed by atoms with Crippen molar-refractivity contribution in [1.82, 2.24) is 0 Å². The number of ether oxygens (including phenoxy) is 6. The number of carbonyl (C=O) groups excluding carboxylic acids is 1. The molecule has 0 aromatic heterocycles. The van der Waals surface area contributed by atoms with Crippen LogP contribution in [0.2, 0.25) is 0 Å². The molecular weight excluding hydrogens is 861 g/mol. The highest BCUT2D eigenvalue weighted by atomic mass is 16.7. The summed E-state index contributed by atoms with van der Waals surface area (Å²) >= 11 is 0. The lowest BCUT2D eigenvalue weighted by molar-refractivity contribution is -0.332. The molecule has 0 aliphatic carbocycles. The normalized spacial score (nSPS) is 26.9. The minimum absolute atomic E-state index is 0.0108. The van der Waals surface area contributed by atoms with Gasteiger partial charge in [0.05, 0.1) is 26.4 Å². The second-order valence-corrected chi connectivity index (χ2v) is 16.9. The number of aliphatic hydroxyl groups excluding tert-OH is 7. The van der Waals surface area contributed by atoms with E-state index in [0.29, 0.717) is 13.0 Å². The van der Waals surface area contributed by atoms with Gasteiger partial charge in [0.1, 0.15) is 54.9 Å². The van der Waals surface area contributed by atoms with E-state index in [1.165, 1.54) is 0 Å². The summed E-state index contributed by atoms with van der Waals surface area (Å²) in [7, 11) is 0. The first-order valence-corrected chi connectivity index (χ1v) is 24.8. The van der Waals surface area contributed by atoms with Crippen molar-refractivity contribution in [3.8, 4) is 0 Å². The van der Waals surface area contributed by atoms with E-state index in [2.05, 4.69) is 111 Å². The molecule has 2 saturated heterocycles. The number of rotatable bonds is 37. The molecular formula is C53H86O14. The smallest absolute Gasteiger partial charge is 0.306 e. The molecule has 14 heteroatoms. The molecule has 11 unspecified atom stereocenters. The molecule has 11 atom stereocenters. The molecule has 0 bridgehead atoms. The van der Waals surface area contributed by atoms with Gasteiger partial charge in [-0.15, -0.1) is 0 Å². The predicted molar refractivity (Wildman–Crippen MR) is 261 cm³/mol. The third-order valence-electron chi connectivity index (χ3n) is 11.1. The maximum atomic E-state index is 13.0. The Bertz CT molecular complexity index is 1470. The Balaban J connectivity index is 1.81. The van der Waals surface area contributed by atoms with E-state index < -0.39 is 86.7 Å². The van der Waals surface area contributed by atoms with Gasteiger partial charge in [-0.3, -0.25) is 4.79 Å². The van der Waals surface area contributed by atoms with E-state index in [9.17, 15) is 40.5 Å². The number of unbranched alkanes of at least 4 members (excludes halogenated alkanes) is 7. The first-order chi connectivity index (χ1) is 32.6.